The predicted octanol–water partition coefficient (Wildman–Crippen LogP) is 3.58. The van der Waals surface area contributed by atoms with Crippen molar-refractivity contribution in [2.75, 3.05) is 7.11 Å². The molecule has 0 saturated heterocycles. The molecule has 0 aliphatic carbocycles. The first-order valence-electron chi connectivity index (χ1n) is 6.09. The first kappa shape index (κ1) is 12.6. The van der Waals surface area contributed by atoms with Crippen LogP contribution in [0.2, 0.25) is 0 Å². The third-order valence-corrected chi connectivity index (χ3v) is 3.02. The van der Waals surface area contributed by atoms with Crippen LogP contribution >= 0.6 is 0 Å². The molecule has 1 aromatic heterocycles. The number of aromatic nitrogens is 2. The number of nitrogens with zero attached hydrogens (tertiary/aromatic N) is 2. The summed E-state index contributed by atoms with van der Waals surface area (Å²) in [5.41, 5.74) is 4.57. The van der Waals surface area contributed by atoms with Crippen LogP contribution < -0.4 is 4.74 Å². The molecule has 3 nitrogen and oxygen atoms in total. The Morgan fingerprint density at radius 2 is 1.94 bits per heavy atom. The van der Waals surface area contributed by atoms with Gasteiger partial charge in [-0.2, -0.15) is 4.98 Å². The van der Waals surface area contributed by atoms with Crippen molar-refractivity contribution in [2.24, 2.45) is 0 Å². The van der Waals surface area contributed by atoms with Crippen LogP contribution in [0.1, 0.15) is 30.9 Å². The number of ether oxygens (including phenoxy) is 1. The van der Waals surface area contributed by atoms with E-state index >= 15 is 0 Å². The summed E-state index contributed by atoms with van der Waals surface area (Å²) in [7, 11) is 1.58. The van der Waals surface area contributed by atoms with Crippen molar-refractivity contribution in [1.29, 1.82) is 0 Å². The fourth-order valence-corrected chi connectivity index (χ4v) is 1.86. The molecule has 0 radical (unpaired) electrons. The van der Waals surface area contributed by atoms with Gasteiger partial charge in [-0.15, -0.1) is 0 Å². The molecule has 1 aromatic carbocycles. The van der Waals surface area contributed by atoms with Crippen LogP contribution in [0.5, 0.6) is 6.01 Å². The van der Waals surface area contributed by atoms with E-state index in [1.54, 1.807) is 13.3 Å². The third-order valence-electron chi connectivity index (χ3n) is 3.02. The zero-order valence-electron chi connectivity index (χ0n) is 11.3. The Kier molecular flexibility index (Phi) is 3.60. The lowest BCUT2D eigenvalue weighted by molar-refractivity contribution is 0.380. The third kappa shape index (κ3) is 2.50. The van der Waals surface area contributed by atoms with Gasteiger partial charge in [0.05, 0.1) is 12.8 Å². The van der Waals surface area contributed by atoms with Crippen molar-refractivity contribution in [3.8, 4) is 17.3 Å². The molecule has 0 atom stereocenters. The van der Waals surface area contributed by atoms with Crippen LogP contribution in [-0.4, -0.2) is 17.1 Å². The summed E-state index contributed by atoms with van der Waals surface area (Å²) in [4.78, 5) is 8.43. The van der Waals surface area contributed by atoms with E-state index in [-0.39, 0.29) is 0 Å². The first-order chi connectivity index (χ1) is 8.61. The summed E-state index contributed by atoms with van der Waals surface area (Å²) >= 11 is 0. The van der Waals surface area contributed by atoms with Gasteiger partial charge >= 0.3 is 6.01 Å². The normalized spacial score (nSPS) is 10.7. The molecule has 0 aliphatic heterocycles. The van der Waals surface area contributed by atoms with Crippen molar-refractivity contribution in [3.05, 3.63) is 41.6 Å². The Morgan fingerprint density at radius 1 is 1.17 bits per heavy atom. The molecule has 0 saturated carbocycles. The highest BCUT2D eigenvalue weighted by Crippen LogP contribution is 2.26. The molecule has 0 amide bonds. The Bertz CT molecular complexity index is 550. The van der Waals surface area contributed by atoms with Crippen molar-refractivity contribution in [2.45, 2.75) is 26.7 Å². The summed E-state index contributed by atoms with van der Waals surface area (Å²) in [6.07, 6.45) is 1.72. The average Bonchev–Trinajstić information content (AvgIpc) is 2.39. The molecule has 3 heteroatoms. The number of rotatable bonds is 3. The number of hydrogen-bond donors (Lipinski definition) is 0. The summed E-state index contributed by atoms with van der Waals surface area (Å²) in [5.74, 6) is 0.507. The van der Waals surface area contributed by atoms with E-state index in [9.17, 15) is 0 Å². The summed E-state index contributed by atoms with van der Waals surface area (Å²) in [6.45, 7) is 6.47. The monoisotopic (exact) mass is 242 g/mol. The van der Waals surface area contributed by atoms with E-state index in [0.29, 0.717) is 11.9 Å². The lowest BCUT2D eigenvalue weighted by atomic mass is 9.96. The highest BCUT2D eigenvalue weighted by molar-refractivity contribution is 5.64. The molecular weight excluding hydrogens is 224 g/mol. The van der Waals surface area contributed by atoms with Crippen LogP contribution in [0.25, 0.3) is 11.3 Å². The highest BCUT2D eigenvalue weighted by Gasteiger charge is 2.08. The Balaban J connectivity index is 2.51. The second-order valence-corrected chi connectivity index (χ2v) is 4.66. The fraction of sp³-hybridized carbons (Fsp3) is 0.333. The van der Waals surface area contributed by atoms with E-state index in [1.807, 2.05) is 6.07 Å². The van der Waals surface area contributed by atoms with Gasteiger partial charge in [0.25, 0.3) is 0 Å². The molecule has 18 heavy (non-hydrogen) atoms. The maximum absolute atomic E-state index is 5.07. The number of hydrogen-bond acceptors (Lipinski definition) is 3. The van der Waals surface area contributed by atoms with Crippen LogP contribution in [-0.2, 0) is 0 Å². The largest absolute Gasteiger partial charge is 0.467 e. The van der Waals surface area contributed by atoms with Gasteiger partial charge in [-0.05, 0) is 36.1 Å². The van der Waals surface area contributed by atoms with Crippen molar-refractivity contribution >= 4 is 0 Å². The summed E-state index contributed by atoms with van der Waals surface area (Å²) in [5, 5.41) is 0. The van der Waals surface area contributed by atoms with E-state index in [1.165, 1.54) is 11.1 Å². The molecular formula is C15H18N2O. The minimum absolute atomic E-state index is 0.404. The van der Waals surface area contributed by atoms with E-state index in [4.69, 9.17) is 4.74 Å². The highest BCUT2D eigenvalue weighted by atomic mass is 16.5. The van der Waals surface area contributed by atoms with E-state index in [0.717, 1.165) is 11.3 Å². The molecule has 0 N–H and O–H groups in total. The summed E-state index contributed by atoms with van der Waals surface area (Å²) < 4.78 is 5.07. The van der Waals surface area contributed by atoms with Crippen molar-refractivity contribution in [3.63, 3.8) is 0 Å². The van der Waals surface area contributed by atoms with Gasteiger partial charge in [-0.25, -0.2) is 4.98 Å². The average molecular weight is 242 g/mol. The minimum atomic E-state index is 0.404. The minimum Gasteiger partial charge on any atom is -0.467 e. The van der Waals surface area contributed by atoms with E-state index in [2.05, 4.69) is 48.9 Å². The van der Waals surface area contributed by atoms with Gasteiger partial charge in [-0.3, -0.25) is 0 Å². The van der Waals surface area contributed by atoms with Gasteiger partial charge in [0, 0.05) is 11.8 Å². The quantitative estimate of drug-likeness (QED) is 0.825. The Labute approximate surface area is 108 Å². The zero-order chi connectivity index (χ0) is 13.1. The lowest BCUT2D eigenvalue weighted by Gasteiger charge is -2.11. The smallest absolute Gasteiger partial charge is 0.316 e. The van der Waals surface area contributed by atoms with Gasteiger partial charge in [0.1, 0.15) is 0 Å². The number of methoxy groups -OCH3 is 1. The Hall–Kier alpha value is -1.90. The number of benzene rings is 1. The SMILES string of the molecule is COc1nccc(-c2cc(C(C)C)ccc2C)n1. The van der Waals surface area contributed by atoms with E-state index < -0.39 is 0 Å². The molecule has 0 spiro atoms. The first-order valence-corrected chi connectivity index (χ1v) is 6.09. The van der Waals surface area contributed by atoms with Gasteiger partial charge < -0.3 is 4.74 Å². The second-order valence-electron chi connectivity index (χ2n) is 4.66. The lowest BCUT2D eigenvalue weighted by Crippen LogP contribution is -1.96. The van der Waals surface area contributed by atoms with Crippen LogP contribution in [0, 0.1) is 6.92 Å². The van der Waals surface area contributed by atoms with Crippen molar-refractivity contribution in [1.82, 2.24) is 9.97 Å². The number of aryl methyl sites for hydroxylation is 1. The van der Waals surface area contributed by atoms with Crippen molar-refractivity contribution < 1.29 is 4.74 Å². The molecule has 2 aromatic rings. The molecule has 0 aliphatic rings. The summed E-state index contributed by atoms with van der Waals surface area (Å²) in [6, 6.07) is 8.82. The predicted molar refractivity (Wildman–Crippen MR) is 72.8 cm³/mol. The topological polar surface area (TPSA) is 35.0 Å². The molecule has 0 bridgehead atoms. The second kappa shape index (κ2) is 5.17. The van der Waals surface area contributed by atoms with Gasteiger partial charge in [-0.1, -0.05) is 26.0 Å². The fourth-order valence-electron chi connectivity index (χ4n) is 1.86. The zero-order valence-corrected chi connectivity index (χ0v) is 11.3. The molecule has 2 rings (SSSR count). The molecule has 0 fully saturated rings. The maximum atomic E-state index is 5.07. The molecule has 0 unspecified atom stereocenters. The van der Waals surface area contributed by atoms with Gasteiger partial charge in [0.15, 0.2) is 0 Å². The molecule has 1 heterocycles. The van der Waals surface area contributed by atoms with Crippen LogP contribution in [0.3, 0.4) is 0 Å². The molecule has 94 valence electrons. The van der Waals surface area contributed by atoms with Crippen LogP contribution in [0.4, 0.5) is 0 Å². The van der Waals surface area contributed by atoms with Gasteiger partial charge in [0.2, 0.25) is 0 Å². The standard InChI is InChI=1S/C15H18N2O/c1-10(2)12-6-5-11(3)13(9-12)14-7-8-16-15(17-14)18-4/h5-10H,1-4H3. The maximum Gasteiger partial charge on any atom is 0.316 e. The van der Waals surface area contributed by atoms with Crippen LogP contribution in [0.15, 0.2) is 30.5 Å². The Morgan fingerprint density at radius 3 is 2.61 bits per heavy atom.